The lowest BCUT2D eigenvalue weighted by Gasteiger charge is -2.15. The van der Waals surface area contributed by atoms with Crippen LogP contribution in [0.2, 0.25) is 0 Å². The number of hydrogen-bond donors (Lipinski definition) is 1. The van der Waals surface area contributed by atoms with E-state index in [4.69, 9.17) is 0 Å². The van der Waals surface area contributed by atoms with Gasteiger partial charge in [-0.2, -0.15) is 0 Å². The van der Waals surface area contributed by atoms with Gasteiger partial charge < -0.3 is 14.6 Å². The summed E-state index contributed by atoms with van der Waals surface area (Å²) < 4.78 is 3.19. The van der Waals surface area contributed by atoms with Crippen molar-refractivity contribution in [2.45, 2.75) is 25.8 Å². The minimum atomic E-state index is -0.246. The Hall–Kier alpha value is -3.16. The predicted molar refractivity (Wildman–Crippen MR) is 100 cm³/mol. The standard InChI is InChI=1S/C19H21N5O3/c25-16(20-9-4-11-22-10-3-7-17(22)26)13-24-18-14(5-1-8-21-18)23-12-2-6-15(23)19(24)27/h1-2,5-6,8,12H,3-4,7,9-11,13H2,(H,20,25). The molecule has 0 bridgehead atoms. The fourth-order valence-electron chi connectivity index (χ4n) is 3.57. The molecule has 1 N–H and O–H groups in total. The summed E-state index contributed by atoms with van der Waals surface area (Å²) in [5.74, 6) is -0.0568. The molecular weight excluding hydrogens is 346 g/mol. The zero-order valence-electron chi connectivity index (χ0n) is 14.9. The number of carbonyl (C=O) groups is 2. The summed E-state index contributed by atoms with van der Waals surface area (Å²) in [4.78, 5) is 42.8. The van der Waals surface area contributed by atoms with Crippen LogP contribution in [-0.4, -0.2) is 50.3 Å². The molecule has 0 aliphatic carbocycles. The van der Waals surface area contributed by atoms with Crippen molar-refractivity contribution in [2.75, 3.05) is 19.6 Å². The van der Waals surface area contributed by atoms with Gasteiger partial charge in [-0.15, -0.1) is 0 Å². The largest absolute Gasteiger partial charge is 0.354 e. The van der Waals surface area contributed by atoms with Gasteiger partial charge in [0.15, 0.2) is 5.65 Å². The highest BCUT2D eigenvalue weighted by molar-refractivity contribution is 5.80. The second-order valence-corrected chi connectivity index (χ2v) is 6.69. The Balaban J connectivity index is 1.46. The molecule has 27 heavy (non-hydrogen) atoms. The third kappa shape index (κ3) is 3.30. The van der Waals surface area contributed by atoms with Gasteiger partial charge in [-0.1, -0.05) is 0 Å². The summed E-state index contributed by atoms with van der Waals surface area (Å²) in [5.41, 5.74) is 1.52. The molecule has 4 heterocycles. The lowest BCUT2D eigenvalue weighted by molar-refractivity contribution is -0.127. The summed E-state index contributed by atoms with van der Waals surface area (Å²) in [6.07, 6.45) is 5.65. The maximum absolute atomic E-state index is 12.8. The maximum atomic E-state index is 12.8. The first kappa shape index (κ1) is 17.3. The zero-order chi connectivity index (χ0) is 18.8. The number of nitrogens with one attached hydrogen (secondary N) is 1. The highest BCUT2D eigenvalue weighted by Crippen LogP contribution is 2.12. The predicted octanol–water partition coefficient (Wildman–Crippen LogP) is 0.778. The quantitative estimate of drug-likeness (QED) is 0.652. The molecule has 0 spiro atoms. The van der Waals surface area contributed by atoms with E-state index in [1.54, 1.807) is 28.8 Å². The van der Waals surface area contributed by atoms with Gasteiger partial charge in [0.05, 0.1) is 5.52 Å². The molecule has 1 aliphatic heterocycles. The number of fused-ring (bicyclic) bond motifs is 3. The number of aromatic nitrogens is 3. The van der Waals surface area contributed by atoms with Gasteiger partial charge in [-0.05, 0) is 37.1 Å². The first-order valence-electron chi connectivity index (χ1n) is 9.14. The maximum Gasteiger partial charge on any atom is 0.276 e. The smallest absolute Gasteiger partial charge is 0.276 e. The van der Waals surface area contributed by atoms with Crippen LogP contribution in [0.3, 0.4) is 0 Å². The van der Waals surface area contributed by atoms with Gasteiger partial charge in [0.1, 0.15) is 12.1 Å². The zero-order valence-corrected chi connectivity index (χ0v) is 14.9. The SMILES string of the molecule is O=C(Cn1c(=O)c2cccn2c2cccnc21)NCCCN1CCCC1=O. The summed E-state index contributed by atoms with van der Waals surface area (Å²) in [6, 6.07) is 7.20. The molecule has 0 aromatic carbocycles. The van der Waals surface area contributed by atoms with Gasteiger partial charge in [-0.25, -0.2) is 4.98 Å². The molecular formula is C19H21N5O3. The van der Waals surface area contributed by atoms with Gasteiger partial charge in [-0.3, -0.25) is 19.0 Å². The normalized spacial score (nSPS) is 14.4. The molecule has 3 aromatic rings. The number of likely N-dealkylation sites (tertiary alicyclic amines) is 1. The second-order valence-electron chi connectivity index (χ2n) is 6.69. The molecule has 1 aliphatic rings. The molecule has 2 amide bonds. The third-order valence-electron chi connectivity index (χ3n) is 4.89. The first-order chi connectivity index (χ1) is 13.1. The Morgan fingerprint density at radius 2 is 2.04 bits per heavy atom. The number of pyridine rings is 1. The fourth-order valence-corrected chi connectivity index (χ4v) is 3.57. The Morgan fingerprint density at radius 3 is 2.85 bits per heavy atom. The molecule has 0 unspecified atom stereocenters. The molecule has 1 fully saturated rings. The molecule has 8 nitrogen and oxygen atoms in total. The molecule has 0 saturated carbocycles. The molecule has 4 rings (SSSR count). The average Bonchev–Trinajstić information content (AvgIpc) is 3.32. The van der Waals surface area contributed by atoms with Crippen LogP contribution < -0.4 is 10.9 Å². The van der Waals surface area contributed by atoms with E-state index >= 15 is 0 Å². The van der Waals surface area contributed by atoms with Gasteiger partial charge in [0.2, 0.25) is 11.8 Å². The summed E-state index contributed by atoms with van der Waals surface area (Å²) >= 11 is 0. The van der Waals surface area contributed by atoms with Gasteiger partial charge in [0.25, 0.3) is 5.56 Å². The van der Waals surface area contributed by atoms with Crippen LogP contribution in [0, 0.1) is 0 Å². The molecule has 8 heteroatoms. The fraction of sp³-hybridized carbons (Fsp3) is 0.368. The van der Waals surface area contributed by atoms with Crippen molar-refractivity contribution < 1.29 is 9.59 Å². The first-order valence-corrected chi connectivity index (χ1v) is 9.14. The van der Waals surface area contributed by atoms with E-state index < -0.39 is 0 Å². The number of amides is 2. The van der Waals surface area contributed by atoms with Crippen LogP contribution in [-0.2, 0) is 16.1 Å². The van der Waals surface area contributed by atoms with E-state index in [1.807, 2.05) is 17.2 Å². The Kier molecular flexibility index (Phi) is 4.62. The Labute approximate surface area is 155 Å². The number of rotatable bonds is 6. The van der Waals surface area contributed by atoms with Crippen LogP contribution in [0.15, 0.2) is 41.5 Å². The molecule has 1 saturated heterocycles. The van der Waals surface area contributed by atoms with E-state index in [9.17, 15) is 14.4 Å². The van der Waals surface area contributed by atoms with Crippen LogP contribution >= 0.6 is 0 Å². The summed E-state index contributed by atoms with van der Waals surface area (Å²) in [6.45, 7) is 1.84. The van der Waals surface area contributed by atoms with Crippen LogP contribution in [0.1, 0.15) is 19.3 Å². The van der Waals surface area contributed by atoms with E-state index in [-0.39, 0.29) is 23.9 Å². The topological polar surface area (TPSA) is 88.7 Å². The highest BCUT2D eigenvalue weighted by atomic mass is 16.2. The van der Waals surface area contributed by atoms with Gasteiger partial charge in [0, 0.05) is 38.4 Å². The monoisotopic (exact) mass is 367 g/mol. The van der Waals surface area contributed by atoms with E-state index in [0.29, 0.717) is 37.1 Å². The summed E-state index contributed by atoms with van der Waals surface area (Å²) in [7, 11) is 0. The minimum Gasteiger partial charge on any atom is -0.354 e. The second kappa shape index (κ2) is 7.22. The average molecular weight is 367 g/mol. The van der Waals surface area contributed by atoms with Crippen LogP contribution in [0.25, 0.3) is 16.7 Å². The Morgan fingerprint density at radius 1 is 1.19 bits per heavy atom. The van der Waals surface area contributed by atoms with Crippen LogP contribution in [0.4, 0.5) is 0 Å². The van der Waals surface area contributed by atoms with Crippen molar-refractivity contribution in [3.05, 3.63) is 47.0 Å². The van der Waals surface area contributed by atoms with E-state index in [1.165, 1.54) is 4.57 Å². The summed E-state index contributed by atoms with van der Waals surface area (Å²) in [5, 5.41) is 2.83. The molecule has 0 radical (unpaired) electrons. The molecule has 3 aromatic heterocycles. The van der Waals surface area contributed by atoms with Gasteiger partial charge >= 0.3 is 0 Å². The van der Waals surface area contributed by atoms with Crippen molar-refractivity contribution in [3.63, 3.8) is 0 Å². The number of hydrogen-bond acceptors (Lipinski definition) is 4. The van der Waals surface area contributed by atoms with Crippen LogP contribution in [0.5, 0.6) is 0 Å². The van der Waals surface area contributed by atoms with Crippen molar-refractivity contribution in [1.29, 1.82) is 0 Å². The molecule has 140 valence electrons. The van der Waals surface area contributed by atoms with Crippen molar-refractivity contribution in [2.24, 2.45) is 0 Å². The number of carbonyl (C=O) groups excluding carboxylic acids is 2. The van der Waals surface area contributed by atoms with Crippen molar-refractivity contribution >= 4 is 28.5 Å². The molecule has 0 atom stereocenters. The lowest BCUT2D eigenvalue weighted by Crippen LogP contribution is -2.35. The minimum absolute atomic E-state index is 0.0866. The highest BCUT2D eigenvalue weighted by Gasteiger charge is 2.19. The van der Waals surface area contributed by atoms with E-state index in [0.717, 1.165) is 18.5 Å². The van der Waals surface area contributed by atoms with E-state index in [2.05, 4.69) is 10.3 Å². The Bertz CT molecular complexity index is 1070. The lowest BCUT2D eigenvalue weighted by atomic mass is 10.3. The van der Waals surface area contributed by atoms with Crippen molar-refractivity contribution in [3.8, 4) is 0 Å². The number of nitrogens with zero attached hydrogens (tertiary/aromatic N) is 4. The van der Waals surface area contributed by atoms with Crippen molar-refractivity contribution in [1.82, 2.24) is 24.2 Å². The third-order valence-corrected chi connectivity index (χ3v) is 4.89.